The lowest BCUT2D eigenvalue weighted by atomic mass is 10.2. The molecule has 0 radical (unpaired) electrons. The largest absolute Gasteiger partial charge is 0.494 e. The van der Waals surface area contributed by atoms with Gasteiger partial charge in [0.25, 0.3) is 0 Å². The first kappa shape index (κ1) is 16.6. The number of nitrogens with zero attached hydrogens (tertiary/aromatic N) is 4. The molecule has 0 atom stereocenters. The number of aliphatic carboxylic acids is 1. The van der Waals surface area contributed by atoms with Gasteiger partial charge in [0, 0.05) is 6.20 Å². The number of benzene rings is 1. The van der Waals surface area contributed by atoms with E-state index in [1.54, 1.807) is 17.7 Å². The summed E-state index contributed by atoms with van der Waals surface area (Å²) in [6.45, 7) is 3.86. The van der Waals surface area contributed by atoms with Gasteiger partial charge in [-0.1, -0.05) is 12.1 Å². The number of hydrogen-bond donors (Lipinski definition) is 1. The van der Waals surface area contributed by atoms with E-state index in [0.29, 0.717) is 28.6 Å². The van der Waals surface area contributed by atoms with Crippen LogP contribution in [0, 0.1) is 13.8 Å². The van der Waals surface area contributed by atoms with Crippen molar-refractivity contribution in [1.29, 1.82) is 0 Å². The molecule has 0 aliphatic heterocycles. The summed E-state index contributed by atoms with van der Waals surface area (Å²) < 4.78 is 7.05. The van der Waals surface area contributed by atoms with Crippen molar-refractivity contribution in [3.8, 4) is 5.75 Å². The molecule has 3 rings (SSSR count). The zero-order valence-corrected chi connectivity index (χ0v) is 14.2. The number of ether oxygens (including phenoxy) is 1. The Hall–Kier alpha value is -3.22. The minimum Gasteiger partial charge on any atom is -0.494 e. The Balaban J connectivity index is 2.13. The Labute approximate surface area is 144 Å². The van der Waals surface area contributed by atoms with Gasteiger partial charge in [0.2, 0.25) is 0 Å². The van der Waals surface area contributed by atoms with Crippen LogP contribution in [0.1, 0.15) is 16.8 Å². The number of carboxylic acid groups (broad SMARTS) is 1. The molecule has 7 nitrogen and oxygen atoms in total. The topological polar surface area (TPSA) is 88.5 Å². The SMILES string of the molecule is COc1ccc(C)cc1N=Nc1c(CC(=O)O)nc2c(C)cccn12. The number of azo groups is 1. The van der Waals surface area contributed by atoms with Gasteiger partial charge >= 0.3 is 5.97 Å². The lowest BCUT2D eigenvalue weighted by molar-refractivity contribution is -0.136. The number of pyridine rings is 1. The number of aryl methyl sites for hydroxylation is 2. The van der Waals surface area contributed by atoms with Crippen LogP contribution in [0.3, 0.4) is 0 Å². The van der Waals surface area contributed by atoms with Crippen molar-refractivity contribution in [3.63, 3.8) is 0 Å². The van der Waals surface area contributed by atoms with Gasteiger partial charge in [-0.2, -0.15) is 0 Å². The highest BCUT2D eigenvalue weighted by Crippen LogP contribution is 2.31. The predicted octanol–water partition coefficient (Wildman–Crippen LogP) is 4.00. The summed E-state index contributed by atoms with van der Waals surface area (Å²) in [7, 11) is 1.57. The van der Waals surface area contributed by atoms with E-state index in [1.165, 1.54) is 0 Å². The number of carbonyl (C=O) groups is 1. The van der Waals surface area contributed by atoms with E-state index in [4.69, 9.17) is 9.84 Å². The first-order valence-corrected chi connectivity index (χ1v) is 7.74. The molecule has 1 N–H and O–H groups in total. The number of carboxylic acids is 1. The van der Waals surface area contributed by atoms with Gasteiger partial charge in [-0.3, -0.25) is 9.20 Å². The minimum absolute atomic E-state index is 0.222. The van der Waals surface area contributed by atoms with E-state index in [9.17, 15) is 4.79 Å². The first-order chi connectivity index (χ1) is 12.0. The van der Waals surface area contributed by atoms with Crippen LogP contribution >= 0.6 is 0 Å². The second-order valence-electron chi connectivity index (χ2n) is 5.71. The molecule has 0 unspecified atom stereocenters. The third-order valence-corrected chi connectivity index (χ3v) is 3.79. The van der Waals surface area contributed by atoms with Crippen molar-refractivity contribution >= 4 is 23.1 Å². The molecular formula is C18H18N4O3. The monoisotopic (exact) mass is 338 g/mol. The van der Waals surface area contributed by atoms with E-state index in [1.807, 2.05) is 44.2 Å². The first-order valence-electron chi connectivity index (χ1n) is 7.74. The van der Waals surface area contributed by atoms with Crippen molar-refractivity contribution in [3.05, 3.63) is 53.3 Å². The van der Waals surface area contributed by atoms with Gasteiger partial charge in [-0.05, 0) is 43.2 Å². The molecule has 0 saturated heterocycles. The van der Waals surface area contributed by atoms with Gasteiger partial charge in [-0.15, -0.1) is 10.2 Å². The van der Waals surface area contributed by atoms with Crippen LogP contribution in [0.4, 0.5) is 11.5 Å². The molecule has 0 aliphatic carbocycles. The highest BCUT2D eigenvalue weighted by Gasteiger charge is 2.16. The minimum atomic E-state index is -0.967. The molecule has 0 fully saturated rings. The van der Waals surface area contributed by atoms with Crippen LogP contribution in [0.2, 0.25) is 0 Å². The van der Waals surface area contributed by atoms with Crippen LogP contribution in [0.15, 0.2) is 46.8 Å². The number of fused-ring (bicyclic) bond motifs is 1. The van der Waals surface area contributed by atoms with E-state index in [0.717, 1.165) is 11.1 Å². The van der Waals surface area contributed by atoms with Crippen molar-refractivity contribution in [2.45, 2.75) is 20.3 Å². The fraction of sp³-hybridized carbons (Fsp3) is 0.222. The summed E-state index contributed by atoms with van der Waals surface area (Å²) in [5, 5.41) is 17.7. The Bertz CT molecular complexity index is 976. The second-order valence-corrected chi connectivity index (χ2v) is 5.71. The molecule has 2 aromatic heterocycles. The van der Waals surface area contributed by atoms with E-state index in [-0.39, 0.29) is 6.42 Å². The maximum Gasteiger partial charge on any atom is 0.309 e. The highest BCUT2D eigenvalue weighted by molar-refractivity contribution is 5.72. The van der Waals surface area contributed by atoms with Crippen LogP contribution in [-0.2, 0) is 11.2 Å². The van der Waals surface area contributed by atoms with Crippen LogP contribution in [0.25, 0.3) is 5.65 Å². The van der Waals surface area contributed by atoms with Crippen LogP contribution < -0.4 is 4.74 Å². The molecule has 128 valence electrons. The van der Waals surface area contributed by atoms with Gasteiger partial charge in [0.1, 0.15) is 17.1 Å². The zero-order chi connectivity index (χ0) is 18.0. The van der Waals surface area contributed by atoms with E-state index < -0.39 is 5.97 Å². The Morgan fingerprint density at radius 3 is 2.80 bits per heavy atom. The summed E-state index contributed by atoms with van der Waals surface area (Å²) in [6.07, 6.45) is 1.57. The molecular weight excluding hydrogens is 320 g/mol. The maximum absolute atomic E-state index is 11.2. The molecule has 0 amide bonds. The molecule has 3 aromatic rings. The second kappa shape index (κ2) is 6.72. The molecule has 0 aliphatic rings. The van der Waals surface area contributed by atoms with E-state index >= 15 is 0 Å². The highest BCUT2D eigenvalue weighted by atomic mass is 16.5. The van der Waals surface area contributed by atoms with Gasteiger partial charge in [-0.25, -0.2) is 4.98 Å². The van der Waals surface area contributed by atoms with Crippen LogP contribution in [0.5, 0.6) is 5.75 Å². The molecule has 1 aromatic carbocycles. The van der Waals surface area contributed by atoms with Gasteiger partial charge in [0.05, 0.1) is 19.2 Å². The Kier molecular flexibility index (Phi) is 4.47. The maximum atomic E-state index is 11.2. The standard InChI is InChI=1S/C18H18N4O3/c1-11-6-7-15(25-3)13(9-11)20-21-18-14(10-16(23)24)19-17-12(2)5-4-8-22(17)18/h4-9H,10H2,1-3H3,(H,23,24). The predicted molar refractivity (Wildman–Crippen MR) is 93.2 cm³/mol. The Morgan fingerprint density at radius 2 is 2.08 bits per heavy atom. The zero-order valence-electron chi connectivity index (χ0n) is 14.2. The fourth-order valence-electron chi connectivity index (χ4n) is 2.59. The van der Waals surface area contributed by atoms with Crippen molar-refractivity contribution < 1.29 is 14.6 Å². The van der Waals surface area contributed by atoms with Gasteiger partial charge < -0.3 is 9.84 Å². The third-order valence-electron chi connectivity index (χ3n) is 3.79. The quantitative estimate of drug-likeness (QED) is 0.712. The lowest BCUT2D eigenvalue weighted by Crippen LogP contribution is -2.00. The van der Waals surface area contributed by atoms with Crippen molar-refractivity contribution in [1.82, 2.24) is 9.38 Å². The molecule has 25 heavy (non-hydrogen) atoms. The molecule has 0 bridgehead atoms. The summed E-state index contributed by atoms with van der Waals surface area (Å²) in [5.74, 6) is 0.0365. The normalized spacial score (nSPS) is 11.3. The average molecular weight is 338 g/mol. The average Bonchev–Trinajstić information content (AvgIpc) is 2.91. The number of rotatable bonds is 5. The number of methoxy groups -OCH3 is 1. The number of hydrogen-bond acceptors (Lipinski definition) is 5. The smallest absolute Gasteiger partial charge is 0.309 e. The summed E-state index contributed by atoms with van der Waals surface area (Å²) in [6, 6.07) is 9.37. The van der Waals surface area contributed by atoms with Crippen molar-refractivity contribution in [2.75, 3.05) is 7.11 Å². The Morgan fingerprint density at radius 1 is 1.28 bits per heavy atom. The molecule has 0 spiro atoms. The third kappa shape index (κ3) is 3.35. The molecule has 2 heterocycles. The number of aromatic nitrogens is 2. The molecule has 7 heteroatoms. The van der Waals surface area contributed by atoms with Crippen LogP contribution in [-0.4, -0.2) is 27.6 Å². The van der Waals surface area contributed by atoms with E-state index in [2.05, 4.69) is 15.2 Å². The fourth-order valence-corrected chi connectivity index (χ4v) is 2.59. The molecule has 0 saturated carbocycles. The van der Waals surface area contributed by atoms with Crippen molar-refractivity contribution in [2.24, 2.45) is 10.2 Å². The summed E-state index contributed by atoms with van der Waals surface area (Å²) in [4.78, 5) is 15.6. The van der Waals surface area contributed by atoms with Gasteiger partial charge in [0.15, 0.2) is 5.82 Å². The summed E-state index contributed by atoms with van der Waals surface area (Å²) >= 11 is 0. The number of imidazole rings is 1. The summed E-state index contributed by atoms with van der Waals surface area (Å²) in [5.41, 5.74) is 3.57. The lowest BCUT2D eigenvalue weighted by Gasteiger charge is -2.04.